The van der Waals surface area contributed by atoms with Gasteiger partial charge in [0.05, 0.1) is 13.2 Å². The summed E-state index contributed by atoms with van der Waals surface area (Å²) in [6.07, 6.45) is 0. The molecule has 0 aromatic carbocycles. The highest BCUT2D eigenvalue weighted by molar-refractivity contribution is 8.00. The Labute approximate surface area is 128 Å². The lowest BCUT2D eigenvalue weighted by Crippen LogP contribution is -2.40. The number of hydrogen-bond donors (Lipinski definition) is 2. The van der Waals surface area contributed by atoms with Crippen molar-refractivity contribution in [3.8, 4) is 0 Å². The third-order valence-corrected chi connectivity index (χ3v) is 4.70. The Morgan fingerprint density at radius 1 is 1.14 bits per heavy atom. The maximum absolute atomic E-state index is 5.51. The molecule has 2 saturated heterocycles. The van der Waals surface area contributed by atoms with Crippen LogP contribution in [-0.4, -0.2) is 65.3 Å². The van der Waals surface area contributed by atoms with Gasteiger partial charge in [-0.1, -0.05) is 6.92 Å². The first kappa shape index (κ1) is 14.6. The van der Waals surface area contributed by atoms with Crippen LogP contribution in [0, 0.1) is 0 Å². The molecule has 1 unspecified atom stereocenters. The summed E-state index contributed by atoms with van der Waals surface area (Å²) in [6.45, 7) is 7.10. The van der Waals surface area contributed by atoms with E-state index in [1.165, 1.54) is 0 Å². The largest absolute Gasteiger partial charge is 0.378 e. The van der Waals surface area contributed by atoms with Crippen LogP contribution in [0.15, 0.2) is 0 Å². The molecule has 9 heteroatoms. The lowest BCUT2D eigenvalue weighted by molar-refractivity contribution is 0.122. The van der Waals surface area contributed by atoms with Gasteiger partial charge in [-0.2, -0.15) is 26.7 Å². The minimum atomic E-state index is 0.410. The highest BCUT2D eigenvalue weighted by Crippen LogP contribution is 2.23. The number of nitrogens with one attached hydrogen (secondary N) is 1. The molecule has 3 rings (SSSR count). The molecule has 1 atom stereocenters. The number of hydrazine groups is 1. The highest BCUT2D eigenvalue weighted by atomic mass is 32.2. The number of nitrogens with zero attached hydrogens (tertiary/aromatic N) is 5. The molecule has 3 N–H and O–H groups in total. The second-order valence-corrected chi connectivity index (χ2v) is 6.68. The number of aromatic nitrogens is 3. The van der Waals surface area contributed by atoms with E-state index in [9.17, 15) is 0 Å². The van der Waals surface area contributed by atoms with E-state index < -0.39 is 0 Å². The smallest absolute Gasteiger partial charge is 0.243 e. The molecule has 0 bridgehead atoms. The second-order valence-electron chi connectivity index (χ2n) is 5.13. The fraction of sp³-hybridized carbons (Fsp3) is 0.750. The minimum Gasteiger partial charge on any atom is -0.378 e. The Balaban J connectivity index is 1.85. The summed E-state index contributed by atoms with van der Waals surface area (Å²) in [5.41, 5.74) is 2.55. The lowest BCUT2D eigenvalue weighted by atomic mass is 10.4. The van der Waals surface area contributed by atoms with Crippen LogP contribution in [0.3, 0.4) is 0 Å². The van der Waals surface area contributed by atoms with Gasteiger partial charge in [-0.05, 0) is 0 Å². The van der Waals surface area contributed by atoms with Gasteiger partial charge in [0.25, 0.3) is 0 Å². The number of anilines is 3. The summed E-state index contributed by atoms with van der Waals surface area (Å²) in [5, 5.41) is 0.580. The molecular formula is C12H21N7OS. The summed E-state index contributed by atoms with van der Waals surface area (Å²) in [7, 11) is 0. The topological polar surface area (TPSA) is 92.4 Å². The molecule has 8 nitrogen and oxygen atoms in total. The van der Waals surface area contributed by atoms with Gasteiger partial charge in [0.15, 0.2) is 0 Å². The van der Waals surface area contributed by atoms with Crippen LogP contribution >= 0.6 is 11.8 Å². The Bertz CT molecular complexity index is 483. The third kappa shape index (κ3) is 3.47. The molecule has 2 fully saturated rings. The number of ether oxygens (including phenoxy) is 1. The van der Waals surface area contributed by atoms with Crippen LogP contribution < -0.4 is 21.1 Å². The number of thioether (sulfide) groups is 1. The van der Waals surface area contributed by atoms with Gasteiger partial charge < -0.3 is 14.5 Å². The number of morpholine rings is 1. The predicted molar refractivity (Wildman–Crippen MR) is 84.8 cm³/mol. The molecule has 0 amide bonds. The SMILES string of the molecule is CC1CN(c2nc(NN)nc(N3CCOCC3)n2)CCS1. The monoisotopic (exact) mass is 311 g/mol. The van der Waals surface area contributed by atoms with E-state index in [-0.39, 0.29) is 0 Å². The molecule has 0 radical (unpaired) electrons. The van der Waals surface area contributed by atoms with E-state index >= 15 is 0 Å². The molecule has 0 saturated carbocycles. The summed E-state index contributed by atoms with van der Waals surface area (Å²) in [6, 6.07) is 0. The zero-order chi connectivity index (χ0) is 14.7. The van der Waals surface area contributed by atoms with E-state index in [0.717, 1.165) is 31.9 Å². The Kier molecular flexibility index (Phi) is 4.61. The molecule has 2 aliphatic heterocycles. The summed E-state index contributed by atoms with van der Waals surface area (Å²) < 4.78 is 5.37. The van der Waals surface area contributed by atoms with E-state index in [2.05, 4.69) is 37.1 Å². The van der Waals surface area contributed by atoms with E-state index in [1.54, 1.807) is 0 Å². The van der Waals surface area contributed by atoms with Crippen LogP contribution in [0.25, 0.3) is 0 Å². The predicted octanol–water partition coefficient (Wildman–Crippen LogP) is -0.0645. The van der Waals surface area contributed by atoms with Gasteiger partial charge in [0, 0.05) is 37.2 Å². The Hall–Kier alpha value is -1.32. The number of rotatable bonds is 3. The van der Waals surface area contributed by atoms with Crippen LogP contribution in [0.2, 0.25) is 0 Å². The summed E-state index contributed by atoms with van der Waals surface area (Å²) in [5.74, 6) is 8.37. The van der Waals surface area contributed by atoms with Crippen molar-refractivity contribution in [2.45, 2.75) is 12.2 Å². The first-order chi connectivity index (χ1) is 10.3. The van der Waals surface area contributed by atoms with Crippen molar-refractivity contribution in [1.82, 2.24) is 15.0 Å². The minimum absolute atomic E-state index is 0.410. The van der Waals surface area contributed by atoms with Crippen molar-refractivity contribution in [2.75, 3.05) is 60.4 Å². The molecule has 2 aliphatic rings. The van der Waals surface area contributed by atoms with Crippen molar-refractivity contribution in [2.24, 2.45) is 5.84 Å². The van der Waals surface area contributed by atoms with Crippen molar-refractivity contribution in [3.63, 3.8) is 0 Å². The first-order valence-electron chi connectivity index (χ1n) is 7.18. The van der Waals surface area contributed by atoms with Gasteiger partial charge in [0.1, 0.15) is 0 Å². The van der Waals surface area contributed by atoms with Gasteiger partial charge in [-0.3, -0.25) is 5.43 Å². The highest BCUT2D eigenvalue weighted by Gasteiger charge is 2.22. The standard InChI is InChI=1S/C12H21N7OS/c1-9-8-19(4-7-21-9)12-15-10(17-13)14-11(16-12)18-2-5-20-6-3-18/h9H,2-8,13H2,1H3,(H,14,15,16,17). The molecular weight excluding hydrogens is 290 g/mol. The van der Waals surface area contributed by atoms with E-state index in [4.69, 9.17) is 10.6 Å². The van der Waals surface area contributed by atoms with Crippen LogP contribution in [0.4, 0.5) is 17.8 Å². The molecule has 0 aliphatic carbocycles. The Morgan fingerprint density at radius 3 is 2.52 bits per heavy atom. The van der Waals surface area contributed by atoms with Gasteiger partial charge in [-0.25, -0.2) is 5.84 Å². The van der Waals surface area contributed by atoms with Crippen LogP contribution in [-0.2, 0) is 4.74 Å². The quantitative estimate of drug-likeness (QED) is 0.588. The van der Waals surface area contributed by atoms with Crippen LogP contribution in [0.1, 0.15) is 6.92 Å². The number of nitrogens with two attached hydrogens (primary N) is 1. The molecule has 1 aromatic heterocycles. The second kappa shape index (κ2) is 6.63. The summed E-state index contributed by atoms with van der Waals surface area (Å²) in [4.78, 5) is 17.7. The van der Waals surface area contributed by atoms with Crippen molar-refractivity contribution < 1.29 is 4.74 Å². The van der Waals surface area contributed by atoms with Crippen molar-refractivity contribution >= 4 is 29.6 Å². The maximum atomic E-state index is 5.51. The molecule has 3 heterocycles. The average molecular weight is 311 g/mol. The molecule has 1 aromatic rings. The summed E-state index contributed by atoms with van der Waals surface area (Å²) >= 11 is 1.98. The zero-order valence-electron chi connectivity index (χ0n) is 12.2. The fourth-order valence-corrected chi connectivity index (χ4v) is 3.48. The van der Waals surface area contributed by atoms with Gasteiger partial charge in [0.2, 0.25) is 17.8 Å². The number of nitrogen functional groups attached to an aromatic ring is 1. The fourth-order valence-electron chi connectivity index (χ4n) is 2.46. The average Bonchev–Trinajstić information content (AvgIpc) is 2.55. The molecule has 0 spiro atoms. The molecule has 116 valence electrons. The normalized spacial score (nSPS) is 23.2. The number of hydrogen-bond acceptors (Lipinski definition) is 9. The maximum Gasteiger partial charge on any atom is 0.243 e. The van der Waals surface area contributed by atoms with Gasteiger partial charge in [-0.15, -0.1) is 0 Å². The van der Waals surface area contributed by atoms with Crippen molar-refractivity contribution in [1.29, 1.82) is 0 Å². The van der Waals surface area contributed by atoms with Crippen LogP contribution in [0.5, 0.6) is 0 Å². The Morgan fingerprint density at radius 2 is 1.86 bits per heavy atom. The third-order valence-electron chi connectivity index (χ3n) is 3.56. The first-order valence-corrected chi connectivity index (χ1v) is 8.23. The van der Waals surface area contributed by atoms with E-state index in [1.807, 2.05) is 11.8 Å². The van der Waals surface area contributed by atoms with Gasteiger partial charge >= 0.3 is 0 Å². The lowest BCUT2D eigenvalue weighted by Gasteiger charge is -2.32. The van der Waals surface area contributed by atoms with E-state index in [0.29, 0.717) is 36.3 Å². The zero-order valence-corrected chi connectivity index (χ0v) is 13.0. The van der Waals surface area contributed by atoms with Crippen molar-refractivity contribution in [3.05, 3.63) is 0 Å². The molecule has 21 heavy (non-hydrogen) atoms.